The van der Waals surface area contributed by atoms with Crippen LogP contribution in [0, 0.1) is 5.82 Å². The van der Waals surface area contributed by atoms with Gasteiger partial charge in [-0.1, -0.05) is 18.2 Å². The Kier molecular flexibility index (Phi) is 4.41. The van der Waals surface area contributed by atoms with Crippen LogP contribution in [0.3, 0.4) is 0 Å². The normalized spacial score (nSPS) is 10.2. The Labute approximate surface area is 114 Å². The largest absolute Gasteiger partial charge is 0.349 e. The third-order valence-corrected chi connectivity index (χ3v) is 3.43. The Morgan fingerprint density at radius 1 is 1.16 bits per heavy atom. The van der Waals surface area contributed by atoms with Crippen LogP contribution < -0.4 is 5.32 Å². The maximum Gasteiger partial charge on any atom is 0.293 e. The zero-order valence-corrected chi connectivity index (χ0v) is 10.9. The molecule has 0 spiro atoms. The van der Waals surface area contributed by atoms with Gasteiger partial charge in [0, 0.05) is 6.54 Å². The van der Waals surface area contributed by atoms with Crippen LogP contribution in [0.5, 0.6) is 0 Å². The van der Waals surface area contributed by atoms with Crippen LogP contribution in [0.25, 0.3) is 0 Å². The highest BCUT2D eigenvalue weighted by Gasteiger charge is 2.16. The lowest BCUT2D eigenvalue weighted by atomic mass is 10.1. The van der Waals surface area contributed by atoms with Crippen molar-refractivity contribution >= 4 is 23.0 Å². The number of carbonyl (C=O) groups is 2. The Balaban J connectivity index is 1.81. The van der Waals surface area contributed by atoms with Gasteiger partial charge in [0.05, 0.1) is 4.88 Å². The molecule has 0 aliphatic carbocycles. The molecule has 0 aliphatic heterocycles. The summed E-state index contributed by atoms with van der Waals surface area (Å²) >= 11 is 1.24. The van der Waals surface area contributed by atoms with Gasteiger partial charge in [-0.3, -0.25) is 9.59 Å². The number of nitrogens with one attached hydrogen (secondary N) is 1. The third kappa shape index (κ3) is 3.72. The Bertz CT molecular complexity index is 564. The maximum atomic E-state index is 12.7. The number of hydrogen-bond acceptors (Lipinski definition) is 3. The lowest BCUT2D eigenvalue weighted by Gasteiger charge is -2.03. The van der Waals surface area contributed by atoms with Gasteiger partial charge < -0.3 is 5.32 Å². The summed E-state index contributed by atoms with van der Waals surface area (Å²) in [5.41, 5.74) is 0.908. The van der Waals surface area contributed by atoms with E-state index < -0.39 is 11.7 Å². The zero-order valence-electron chi connectivity index (χ0n) is 10.1. The molecule has 5 heteroatoms. The highest BCUT2D eigenvalue weighted by molar-refractivity contribution is 7.13. The fourth-order valence-electron chi connectivity index (χ4n) is 1.57. The predicted molar refractivity (Wildman–Crippen MR) is 71.8 cm³/mol. The first-order chi connectivity index (χ1) is 9.16. The number of carbonyl (C=O) groups excluding carboxylic acids is 2. The lowest BCUT2D eigenvalue weighted by molar-refractivity contribution is -0.116. The maximum absolute atomic E-state index is 12.7. The van der Waals surface area contributed by atoms with Crippen molar-refractivity contribution in [3.8, 4) is 0 Å². The van der Waals surface area contributed by atoms with Gasteiger partial charge in [0.1, 0.15) is 5.82 Å². The van der Waals surface area contributed by atoms with E-state index in [1.807, 2.05) is 0 Å². The van der Waals surface area contributed by atoms with Gasteiger partial charge in [-0.15, -0.1) is 11.3 Å². The van der Waals surface area contributed by atoms with Crippen LogP contribution in [-0.4, -0.2) is 18.2 Å². The van der Waals surface area contributed by atoms with E-state index in [4.69, 9.17) is 0 Å². The second-order valence-electron chi connectivity index (χ2n) is 3.94. The summed E-state index contributed by atoms with van der Waals surface area (Å²) < 4.78 is 12.7. The minimum Gasteiger partial charge on any atom is -0.349 e. The van der Waals surface area contributed by atoms with Gasteiger partial charge in [0.25, 0.3) is 11.7 Å². The molecule has 0 atom stereocenters. The van der Waals surface area contributed by atoms with E-state index in [2.05, 4.69) is 5.32 Å². The van der Waals surface area contributed by atoms with Crippen LogP contribution in [0.1, 0.15) is 15.2 Å². The number of rotatable bonds is 5. The van der Waals surface area contributed by atoms with Crippen LogP contribution in [0.2, 0.25) is 0 Å². The smallest absolute Gasteiger partial charge is 0.293 e. The number of ketones is 1. The van der Waals surface area contributed by atoms with E-state index >= 15 is 0 Å². The van der Waals surface area contributed by atoms with Gasteiger partial charge in [-0.2, -0.15) is 0 Å². The zero-order chi connectivity index (χ0) is 13.7. The summed E-state index contributed by atoms with van der Waals surface area (Å²) in [5, 5.41) is 4.31. The minimum absolute atomic E-state index is 0.291. The molecule has 2 rings (SSSR count). The molecule has 2 aromatic rings. The van der Waals surface area contributed by atoms with Gasteiger partial charge in [-0.25, -0.2) is 4.39 Å². The van der Waals surface area contributed by atoms with E-state index in [-0.39, 0.29) is 5.82 Å². The molecular formula is C14H12FNO2S. The molecule has 0 saturated heterocycles. The van der Waals surface area contributed by atoms with Crippen molar-refractivity contribution in [2.75, 3.05) is 6.54 Å². The SMILES string of the molecule is O=C(NCCc1ccc(F)cc1)C(=O)c1cccs1. The monoisotopic (exact) mass is 277 g/mol. The first-order valence-electron chi connectivity index (χ1n) is 5.77. The summed E-state index contributed by atoms with van der Waals surface area (Å²) in [5.74, 6) is -1.42. The van der Waals surface area contributed by atoms with E-state index in [1.165, 1.54) is 23.5 Å². The summed E-state index contributed by atoms with van der Waals surface area (Å²) in [4.78, 5) is 23.6. The Hall–Kier alpha value is -2.01. The van der Waals surface area contributed by atoms with Crippen molar-refractivity contribution < 1.29 is 14.0 Å². The fourth-order valence-corrected chi connectivity index (χ4v) is 2.23. The molecule has 1 aromatic carbocycles. The van der Waals surface area contributed by atoms with Crippen molar-refractivity contribution in [3.63, 3.8) is 0 Å². The van der Waals surface area contributed by atoms with Crippen molar-refractivity contribution in [1.82, 2.24) is 5.32 Å². The van der Waals surface area contributed by atoms with Gasteiger partial charge >= 0.3 is 0 Å². The molecule has 0 unspecified atom stereocenters. The Morgan fingerprint density at radius 2 is 1.89 bits per heavy atom. The van der Waals surface area contributed by atoms with Crippen molar-refractivity contribution in [2.24, 2.45) is 0 Å². The van der Waals surface area contributed by atoms with Gasteiger partial charge in [0.15, 0.2) is 0 Å². The Morgan fingerprint density at radius 3 is 2.53 bits per heavy atom. The summed E-state index contributed by atoms with van der Waals surface area (Å²) in [6.07, 6.45) is 0.559. The van der Waals surface area contributed by atoms with Crippen LogP contribution >= 0.6 is 11.3 Å². The van der Waals surface area contributed by atoms with Gasteiger partial charge in [-0.05, 0) is 35.6 Å². The second-order valence-corrected chi connectivity index (χ2v) is 4.89. The molecule has 0 radical (unpaired) electrons. The minimum atomic E-state index is -0.607. The lowest BCUT2D eigenvalue weighted by Crippen LogP contribution is -2.32. The third-order valence-electron chi connectivity index (χ3n) is 2.56. The molecule has 0 bridgehead atoms. The van der Waals surface area contributed by atoms with Crippen LogP contribution in [-0.2, 0) is 11.2 Å². The first-order valence-corrected chi connectivity index (χ1v) is 6.65. The fraction of sp³-hybridized carbons (Fsp3) is 0.143. The molecule has 98 valence electrons. The number of hydrogen-bond donors (Lipinski definition) is 1. The average molecular weight is 277 g/mol. The molecule has 19 heavy (non-hydrogen) atoms. The number of halogens is 1. The number of Topliss-reactive ketones (excluding diaryl/α,β-unsaturated/α-hetero) is 1. The quantitative estimate of drug-likeness (QED) is 0.674. The van der Waals surface area contributed by atoms with Crippen molar-refractivity contribution in [3.05, 3.63) is 58.0 Å². The summed E-state index contributed by atoms with van der Waals surface area (Å²) in [6, 6.07) is 9.39. The van der Waals surface area contributed by atoms with Crippen LogP contribution in [0.15, 0.2) is 41.8 Å². The highest BCUT2D eigenvalue weighted by atomic mass is 32.1. The number of thiophene rings is 1. The topological polar surface area (TPSA) is 46.2 Å². The van der Waals surface area contributed by atoms with Crippen LogP contribution in [0.4, 0.5) is 4.39 Å². The highest BCUT2D eigenvalue weighted by Crippen LogP contribution is 2.09. The molecule has 1 amide bonds. The number of benzene rings is 1. The molecule has 3 nitrogen and oxygen atoms in total. The van der Waals surface area contributed by atoms with Crippen molar-refractivity contribution in [2.45, 2.75) is 6.42 Å². The molecule has 1 aromatic heterocycles. The summed E-state index contributed by atoms with van der Waals surface area (Å²) in [6.45, 7) is 0.349. The summed E-state index contributed by atoms with van der Waals surface area (Å²) in [7, 11) is 0. The molecule has 1 N–H and O–H groups in total. The average Bonchev–Trinajstić information content (AvgIpc) is 2.94. The predicted octanol–water partition coefficient (Wildman–Crippen LogP) is 2.43. The van der Waals surface area contributed by atoms with E-state index in [9.17, 15) is 14.0 Å². The molecule has 0 fully saturated rings. The van der Waals surface area contributed by atoms with Gasteiger partial charge in [0.2, 0.25) is 0 Å². The number of amides is 1. The van der Waals surface area contributed by atoms with Crippen molar-refractivity contribution in [1.29, 1.82) is 0 Å². The molecule has 0 aliphatic rings. The van der Waals surface area contributed by atoms with E-state index in [0.717, 1.165) is 5.56 Å². The molecular weight excluding hydrogens is 265 g/mol. The second kappa shape index (κ2) is 6.24. The van der Waals surface area contributed by atoms with E-state index in [1.54, 1.807) is 29.6 Å². The van der Waals surface area contributed by atoms with E-state index in [0.29, 0.717) is 17.8 Å². The molecule has 1 heterocycles. The molecule has 0 saturated carbocycles. The first kappa shape index (κ1) is 13.4. The standard InChI is InChI=1S/C14H12FNO2S/c15-11-5-3-10(4-6-11)7-8-16-14(18)13(17)12-2-1-9-19-12/h1-6,9H,7-8H2,(H,16,18).